The lowest BCUT2D eigenvalue weighted by atomic mass is 9.85. The second-order valence-electron chi connectivity index (χ2n) is 17.1. The molecule has 5 aromatic rings. The highest BCUT2D eigenvalue weighted by molar-refractivity contribution is 6.08. The third-order valence-electron chi connectivity index (χ3n) is 13.1. The molecular weight excluding hydrogens is 791 g/mol. The lowest BCUT2D eigenvalue weighted by Gasteiger charge is -2.40. The van der Waals surface area contributed by atoms with E-state index in [1.54, 1.807) is 22.5 Å². The Morgan fingerprint density at radius 1 is 1.03 bits per heavy atom. The van der Waals surface area contributed by atoms with Gasteiger partial charge in [-0.05, 0) is 83.0 Å². The summed E-state index contributed by atoms with van der Waals surface area (Å²) in [7, 11) is 3.91. The molecule has 3 aliphatic heterocycles. The van der Waals surface area contributed by atoms with Crippen LogP contribution in [0.25, 0.3) is 16.7 Å². The largest absolute Gasteiger partial charge is 0.375 e. The molecule has 3 amide bonds. The molecule has 61 heavy (non-hydrogen) atoms. The molecule has 0 radical (unpaired) electrons. The van der Waals surface area contributed by atoms with E-state index in [0.29, 0.717) is 48.6 Å². The molecule has 4 aromatic heterocycles. The standard InChI is InChI=1S/C42H52F2N12O5/c1-25-22-53(19-20-61-25)34-15-18-54-39(47-34)29(21-45-54)40(58)46-30-24-55(49-36(30)38(43)44)28-9-7-26(8-10-28)23-50(2)27-13-16-52(17-14-27)31-5-4-6-32-37(31)51(3)42(60)56(32)33-11-12-35(57)48-41(33)59/h4-6,15,18,21,24-28,33,38H,7-14,16-17,19-20,22-23H2,1-3H3,(H,46,58)(H,48,57,59)/t25-,26?,28?,33?/m0/s1. The molecule has 3 saturated heterocycles. The molecule has 7 heterocycles. The summed E-state index contributed by atoms with van der Waals surface area (Å²) in [5, 5.41) is 13.6. The van der Waals surface area contributed by atoms with Crippen LogP contribution in [0.15, 0.2) is 47.7 Å². The fourth-order valence-electron chi connectivity index (χ4n) is 9.86. The Bertz CT molecular complexity index is 2510. The van der Waals surface area contributed by atoms with E-state index in [9.17, 15) is 28.0 Å². The highest BCUT2D eigenvalue weighted by Crippen LogP contribution is 2.37. The SMILES string of the molecule is C[C@H]1CN(c2ccn3ncc(C(=O)Nc4cn(C5CCC(CN(C)C6CCN(c7cccc8c7n(C)c(=O)n8C7CCC(=O)NC7=O)CC6)CC5)nc4C(F)F)c3n2)CCO1. The number of piperidine rings is 2. The summed E-state index contributed by atoms with van der Waals surface area (Å²) in [6, 6.07) is 7.24. The van der Waals surface area contributed by atoms with E-state index >= 15 is 0 Å². The highest BCUT2D eigenvalue weighted by Gasteiger charge is 2.34. The van der Waals surface area contributed by atoms with Gasteiger partial charge in [-0.15, -0.1) is 0 Å². The number of nitrogens with zero attached hydrogens (tertiary/aromatic N) is 10. The lowest BCUT2D eigenvalue weighted by Crippen LogP contribution is -2.45. The molecule has 1 aliphatic carbocycles. The minimum Gasteiger partial charge on any atom is -0.375 e. The zero-order valence-corrected chi connectivity index (χ0v) is 34.7. The van der Waals surface area contributed by atoms with Crippen molar-refractivity contribution in [1.29, 1.82) is 0 Å². The number of imide groups is 1. The molecule has 4 fully saturated rings. The Morgan fingerprint density at radius 3 is 2.56 bits per heavy atom. The summed E-state index contributed by atoms with van der Waals surface area (Å²) in [5.41, 5.74) is 2.18. The molecular formula is C42H52F2N12O5. The number of aryl methyl sites for hydroxylation is 1. The first-order valence-electron chi connectivity index (χ1n) is 21.3. The summed E-state index contributed by atoms with van der Waals surface area (Å²) in [4.78, 5) is 63.1. The van der Waals surface area contributed by atoms with E-state index in [0.717, 1.165) is 69.4 Å². The Labute approximate surface area is 350 Å². The number of carbonyl (C=O) groups excluding carboxylic acids is 3. The lowest BCUT2D eigenvalue weighted by molar-refractivity contribution is -0.135. The molecule has 4 aliphatic rings. The third kappa shape index (κ3) is 7.88. The number of halogens is 2. The van der Waals surface area contributed by atoms with Gasteiger partial charge < -0.3 is 24.8 Å². The minimum atomic E-state index is -2.87. The number of aromatic nitrogens is 7. The fraction of sp³-hybridized carbons (Fsp3) is 0.548. The number of para-hydroxylation sites is 1. The maximum atomic E-state index is 14.3. The Hall–Kier alpha value is -5.69. The summed E-state index contributed by atoms with van der Waals surface area (Å²) in [6.07, 6.45) is 7.64. The van der Waals surface area contributed by atoms with E-state index < -0.39 is 30.0 Å². The van der Waals surface area contributed by atoms with Crippen molar-refractivity contribution in [1.82, 2.24) is 43.7 Å². The molecule has 1 saturated carbocycles. The normalized spacial score (nSPS) is 23.1. The van der Waals surface area contributed by atoms with Crippen LogP contribution in [0.3, 0.4) is 0 Å². The molecule has 9 rings (SSSR count). The number of rotatable bonds is 10. The van der Waals surface area contributed by atoms with Gasteiger partial charge in [0.15, 0.2) is 11.3 Å². The predicted octanol–water partition coefficient (Wildman–Crippen LogP) is 4.30. The number of nitrogens with one attached hydrogen (secondary N) is 2. The van der Waals surface area contributed by atoms with Crippen LogP contribution in [0.2, 0.25) is 0 Å². The van der Waals surface area contributed by atoms with Gasteiger partial charge in [-0.2, -0.15) is 10.2 Å². The Balaban J connectivity index is 0.801. The number of anilines is 3. The first kappa shape index (κ1) is 40.7. The number of amides is 3. The van der Waals surface area contributed by atoms with E-state index in [-0.39, 0.29) is 47.8 Å². The number of hydrogen-bond acceptors (Lipinski definition) is 11. The van der Waals surface area contributed by atoms with E-state index in [4.69, 9.17) is 9.72 Å². The van der Waals surface area contributed by atoms with Crippen molar-refractivity contribution in [2.75, 3.05) is 61.5 Å². The Morgan fingerprint density at radius 2 is 1.82 bits per heavy atom. The second kappa shape index (κ2) is 16.6. The van der Waals surface area contributed by atoms with Crippen LogP contribution in [-0.4, -0.2) is 115 Å². The predicted molar refractivity (Wildman–Crippen MR) is 223 cm³/mol. The van der Waals surface area contributed by atoms with Crippen LogP contribution >= 0.6 is 0 Å². The number of morpholine rings is 1. The van der Waals surface area contributed by atoms with Gasteiger partial charge >= 0.3 is 5.69 Å². The van der Waals surface area contributed by atoms with Gasteiger partial charge in [0, 0.05) is 64.6 Å². The van der Waals surface area contributed by atoms with Crippen LogP contribution in [0, 0.1) is 5.92 Å². The maximum Gasteiger partial charge on any atom is 0.329 e. The van der Waals surface area contributed by atoms with Crippen molar-refractivity contribution in [3.63, 3.8) is 0 Å². The van der Waals surface area contributed by atoms with Gasteiger partial charge in [-0.25, -0.2) is 23.1 Å². The van der Waals surface area contributed by atoms with E-state index in [1.807, 2.05) is 31.2 Å². The first-order valence-corrected chi connectivity index (χ1v) is 21.3. The number of alkyl halides is 2. The van der Waals surface area contributed by atoms with Gasteiger partial charge in [0.1, 0.15) is 17.4 Å². The average molecular weight is 843 g/mol. The monoisotopic (exact) mass is 842 g/mol. The van der Waals surface area contributed by atoms with Crippen LogP contribution in [0.1, 0.15) is 92.9 Å². The van der Waals surface area contributed by atoms with Crippen molar-refractivity contribution >= 4 is 51.6 Å². The van der Waals surface area contributed by atoms with Gasteiger partial charge in [-0.3, -0.25) is 33.5 Å². The topological polar surface area (TPSA) is 169 Å². The molecule has 0 bridgehead atoms. The zero-order valence-electron chi connectivity index (χ0n) is 34.7. The fourth-order valence-corrected chi connectivity index (χ4v) is 9.86. The highest BCUT2D eigenvalue weighted by atomic mass is 19.3. The number of imidazole rings is 1. The molecule has 1 aromatic carbocycles. The Kier molecular flexibility index (Phi) is 11.1. The van der Waals surface area contributed by atoms with Gasteiger partial charge in [0.25, 0.3) is 12.3 Å². The van der Waals surface area contributed by atoms with Crippen LogP contribution in [0.4, 0.5) is 26.0 Å². The average Bonchev–Trinajstić information content (AvgIpc) is 3.95. The van der Waals surface area contributed by atoms with Crippen molar-refractivity contribution < 1.29 is 27.9 Å². The molecule has 17 nitrogen and oxygen atoms in total. The molecule has 2 atom stereocenters. The summed E-state index contributed by atoms with van der Waals surface area (Å²) >= 11 is 0. The van der Waals surface area contributed by atoms with Crippen molar-refractivity contribution in [2.24, 2.45) is 13.0 Å². The zero-order chi connectivity index (χ0) is 42.5. The molecule has 19 heteroatoms. The van der Waals surface area contributed by atoms with Crippen LogP contribution in [-0.2, 0) is 21.4 Å². The molecule has 0 spiro atoms. The maximum absolute atomic E-state index is 14.3. The van der Waals surface area contributed by atoms with Gasteiger partial charge in [-0.1, -0.05) is 6.07 Å². The first-order chi connectivity index (χ1) is 29.4. The summed E-state index contributed by atoms with van der Waals surface area (Å²) < 4.78 is 40.6. The third-order valence-corrected chi connectivity index (χ3v) is 13.1. The van der Waals surface area contributed by atoms with Crippen LogP contribution in [0.5, 0.6) is 0 Å². The smallest absolute Gasteiger partial charge is 0.329 e. The summed E-state index contributed by atoms with van der Waals surface area (Å²) in [5.74, 6) is -0.209. The number of carbonyl (C=O) groups is 3. The molecule has 1 unspecified atom stereocenters. The number of ether oxygens (including phenoxy) is 1. The van der Waals surface area contributed by atoms with E-state index in [2.05, 4.69) is 42.6 Å². The quantitative estimate of drug-likeness (QED) is 0.192. The number of benzene rings is 1. The second-order valence-corrected chi connectivity index (χ2v) is 17.1. The van der Waals surface area contributed by atoms with Gasteiger partial charge in [0.05, 0.1) is 47.4 Å². The van der Waals surface area contributed by atoms with Gasteiger partial charge in [0.2, 0.25) is 11.8 Å². The van der Waals surface area contributed by atoms with Crippen molar-refractivity contribution in [3.05, 3.63) is 64.6 Å². The number of hydrogen-bond donors (Lipinski definition) is 2. The molecule has 2 N–H and O–H groups in total. The summed E-state index contributed by atoms with van der Waals surface area (Å²) in [6.45, 7) is 6.44. The molecule has 324 valence electrons. The van der Waals surface area contributed by atoms with Crippen LogP contribution < -0.4 is 26.1 Å². The van der Waals surface area contributed by atoms with E-state index in [1.165, 1.54) is 21.5 Å². The van der Waals surface area contributed by atoms with Crippen molar-refractivity contribution in [3.8, 4) is 0 Å². The minimum absolute atomic E-state index is 0.0175. The number of fused-ring (bicyclic) bond motifs is 2. The van der Waals surface area contributed by atoms with Crippen molar-refractivity contribution in [2.45, 2.75) is 88.9 Å².